The van der Waals surface area contributed by atoms with Crippen molar-refractivity contribution in [3.63, 3.8) is 0 Å². The summed E-state index contributed by atoms with van der Waals surface area (Å²) in [6.07, 6.45) is -3.34. The van der Waals surface area contributed by atoms with E-state index < -0.39 is 54.0 Å². The summed E-state index contributed by atoms with van der Waals surface area (Å²) in [5, 5.41) is 29.3. The lowest BCUT2D eigenvalue weighted by Gasteiger charge is -2.49. The van der Waals surface area contributed by atoms with E-state index in [1.807, 2.05) is 0 Å². The molecule has 1 saturated heterocycles. The van der Waals surface area contributed by atoms with Crippen molar-refractivity contribution in [2.75, 3.05) is 18.1 Å². The van der Waals surface area contributed by atoms with E-state index in [-0.39, 0.29) is 17.2 Å². The highest BCUT2D eigenvalue weighted by Crippen LogP contribution is 2.41. The molecule has 4 rings (SSSR count). The predicted molar refractivity (Wildman–Crippen MR) is 135 cm³/mol. The lowest BCUT2D eigenvalue weighted by Crippen LogP contribution is -2.71. The molecule has 0 radical (unpaired) electrons. The van der Waals surface area contributed by atoms with Crippen molar-refractivity contribution in [1.29, 1.82) is 0 Å². The molecule has 39 heavy (non-hydrogen) atoms. The normalized spacial score (nSPS) is 19.6. The minimum absolute atomic E-state index is 0.145. The largest absolute Gasteiger partial charge is 0.618 e. The molecular formula is C22H20F3N5O6S3. The average molecular weight is 604 g/mol. The van der Waals surface area contributed by atoms with Gasteiger partial charge in [-0.1, -0.05) is 17.8 Å². The summed E-state index contributed by atoms with van der Waals surface area (Å²) in [7, 11) is 0. The Morgan fingerprint density at radius 2 is 2.03 bits per heavy atom. The molecule has 0 saturated carbocycles. The van der Waals surface area contributed by atoms with Crippen molar-refractivity contribution in [2.24, 2.45) is 0 Å². The zero-order valence-corrected chi connectivity index (χ0v) is 22.1. The molecule has 3 atom stereocenters. The summed E-state index contributed by atoms with van der Waals surface area (Å²) in [5.74, 6) is -2.51. The number of carboxylic acid groups (broad SMARTS) is 1. The van der Waals surface area contributed by atoms with Gasteiger partial charge in [-0.25, -0.2) is 9.59 Å². The molecule has 2 aliphatic heterocycles. The first-order valence-corrected chi connectivity index (χ1v) is 14.0. The van der Waals surface area contributed by atoms with Gasteiger partial charge in [-0.3, -0.25) is 14.5 Å². The van der Waals surface area contributed by atoms with Crippen LogP contribution in [-0.2, 0) is 14.4 Å². The summed E-state index contributed by atoms with van der Waals surface area (Å²) < 4.78 is 38.0. The predicted octanol–water partition coefficient (Wildman–Crippen LogP) is 1.82. The monoisotopic (exact) mass is 603 g/mol. The van der Waals surface area contributed by atoms with Gasteiger partial charge in [0, 0.05) is 28.5 Å². The first-order valence-electron chi connectivity index (χ1n) is 11.1. The van der Waals surface area contributed by atoms with Crippen LogP contribution < -0.4 is 20.7 Å². The number of nitrogens with zero attached hydrogens (tertiary/aromatic N) is 2. The van der Waals surface area contributed by atoms with Gasteiger partial charge in [0.2, 0.25) is 5.91 Å². The van der Waals surface area contributed by atoms with Gasteiger partial charge in [0.05, 0.1) is 0 Å². The lowest BCUT2D eigenvalue weighted by atomic mass is 10.0. The highest BCUT2D eigenvalue weighted by Gasteiger charge is 2.54. The van der Waals surface area contributed by atoms with Crippen LogP contribution in [-0.4, -0.2) is 69.5 Å². The Morgan fingerprint density at radius 3 is 2.67 bits per heavy atom. The molecule has 4 N–H and O–H groups in total. The smallest absolute Gasteiger partial charge is 0.405 e. The minimum Gasteiger partial charge on any atom is -0.618 e. The molecule has 0 aromatic carbocycles. The third kappa shape index (κ3) is 6.59. The highest BCUT2D eigenvalue weighted by atomic mass is 32.2. The van der Waals surface area contributed by atoms with Crippen LogP contribution in [0.5, 0.6) is 0 Å². The number of thiophene rings is 1. The first kappa shape index (κ1) is 28.6. The SMILES string of the molecule is O=C(NCC(F)(F)F)NC(C(=O)N[C@H]1C(=O)N2C(C(=O)O)=C(CSc3cccc[n+]3[O-])CSC12)c1cccs1. The van der Waals surface area contributed by atoms with Gasteiger partial charge in [0.15, 0.2) is 6.20 Å². The summed E-state index contributed by atoms with van der Waals surface area (Å²) in [4.78, 5) is 51.5. The molecule has 2 unspecified atom stereocenters. The Kier molecular flexibility index (Phi) is 8.60. The maximum absolute atomic E-state index is 13.1. The van der Waals surface area contributed by atoms with Crippen LogP contribution in [0.15, 0.2) is 58.2 Å². The molecule has 0 aliphatic carbocycles. The number of hydrogen-bond donors (Lipinski definition) is 4. The number of alkyl halides is 3. The summed E-state index contributed by atoms with van der Waals surface area (Å²) in [5.41, 5.74) is 0.199. The van der Waals surface area contributed by atoms with Crippen molar-refractivity contribution in [1.82, 2.24) is 20.9 Å². The van der Waals surface area contributed by atoms with E-state index in [0.29, 0.717) is 20.2 Å². The van der Waals surface area contributed by atoms with Crippen molar-refractivity contribution in [2.45, 2.75) is 28.7 Å². The highest BCUT2D eigenvalue weighted by molar-refractivity contribution is 8.01. The van der Waals surface area contributed by atoms with E-state index in [1.54, 1.807) is 35.0 Å². The van der Waals surface area contributed by atoms with Gasteiger partial charge in [0.1, 0.15) is 29.7 Å². The van der Waals surface area contributed by atoms with Crippen LogP contribution in [0.1, 0.15) is 10.9 Å². The second-order valence-corrected chi connectivity index (χ2v) is 11.3. The Bertz CT molecular complexity index is 1310. The van der Waals surface area contributed by atoms with E-state index in [9.17, 15) is 42.7 Å². The fourth-order valence-electron chi connectivity index (χ4n) is 3.80. The number of nitrogens with one attached hydrogen (secondary N) is 3. The van der Waals surface area contributed by atoms with Crippen molar-refractivity contribution >= 4 is 58.7 Å². The topological polar surface area (TPSA) is 155 Å². The van der Waals surface area contributed by atoms with Gasteiger partial charge >= 0.3 is 18.2 Å². The Balaban J connectivity index is 1.45. The summed E-state index contributed by atoms with van der Waals surface area (Å²) in [6.45, 7) is -1.60. The number of aromatic nitrogens is 1. The van der Waals surface area contributed by atoms with Gasteiger partial charge in [0.25, 0.3) is 10.9 Å². The summed E-state index contributed by atoms with van der Waals surface area (Å²) in [6, 6.07) is 4.14. The number of aliphatic carboxylic acids is 1. The number of rotatable bonds is 9. The van der Waals surface area contributed by atoms with Crippen LogP contribution in [0.25, 0.3) is 0 Å². The number of hydrogen-bond acceptors (Lipinski definition) is 8. The Labute approximate surface area is 231 Å². The van der Waals surface area contributed by atoms with Gasteiger partial charge in [-0.15, -0.1) is 23.1 Å². The van der Waals surface area contributed by atoms with Gasteiger partial charge in [-0.05, 0) is 23.1 Å². The standard InChI is InChI=1S/C22H20F3N5O6S3/c23-22(24,25)10-26-21(35)28-14(12-4-3-7-37-12)17(31)27-15-18(32)30-16(20(33)34)11(9-39-19(15)30)8-38-13-5-1-2-6-29(13)36/h1-7,14-15,19H,8-10H2,(H,27,31)(H,33,34)(H2,26,28,35)/t14?,15-,19?/m0/s1. The number of amides is 4. The van der Waals surface area contributed by atoms with Crippen LogP contribution >= 0.6 is 34.9 Å². The number of fused-ring (bicyclic) bond motifs is 1. The average Bonchev–Trinajstić information content (AvgIpc) is 3.42. The third-order valence-electron chi connectivity index (χ3n) is 5.55. The number of urea groups is 1. The molecule has 1 fully saturated rings. The lowest BCUT2D eigenvalue weighted by molar-refractivity contribution is -0.645. The molecule has 2 aromatic rings. The number of pyridine rings is 1. The summed E-state index contributed by atoms with van der Waals surface area (Å²) >= 11 is 3.41. The van der Waals surface area contributed by atoms with E-state index in [0.717, 1.165) is 28.0 Å². The van der Waals surface area contributed by atoms with Crippen LogP contribution in [0, 0.1) is 5.21 Å². The molecule has 0 spiro atoms. The fourth-order valence-corrected chi connectivity index (χ4v) is 6.97. The van der Waals surface area contributed by atoms with Gasteiger partial charge < -0.3 is 26.3 Å². The van der Waals surface area contributed by atoms with E-state index in [1.165, 1.54) is 24.0 Å². The fraction of sp³-hybridized carbons (Fsp3) is 0.318. The van der Waals surface area contributed by atoms with Crippen LogP contribution in [0.2, 0.25) is 0 Å². The molecule has 208 valence electrons. The molecule has 4 heterocycles. The molecular weight excluding hydrogens is 583 g/mol. The molecule has 0 bridgehead atoms. The van der Waals surface area contributed by atoms with Gasteiger partial charge in [-0.2, -0.15) is 17.9 Å². The van der Waals surface area contributed by atoms with Crippen molar-refractivity contribution in [3.8, 4) is 0 Å². The number of β-lactam (4-membered cyclic amide) rings is 1. The zero-order valence-electron chi connectivity index (χ0n) is 19.6. The number of carbonyl (C=O) groups is 4. The minimum atomic E-state index is -4.65. The van der Waals surface area contributed by atoms with E-state index >= 15 is 0 Å². The van der Waals surface area contributed by atoms with E-state index in [2.05, 4.69) is 10.6 Å². The molecule has 2 aromatic heterocycles. The Morgan fingerprint density at radius 1 is 1.26 bits per heavy atom. The first-order chi connectivity index (χ1) is 18.5. The van der Waals surface area contributed by atoms with E-state index in [4.69, 9.17) is 0 Å². The Hall–Kier alpha value is -3.44. The second kappa shape index (κ2) is 11.7. The van der Waals surface area contributed by atoms with Crippen molar-refractivity contribution < 1.29 is 42.2 Å². The zero-order chi connectivity index (χ0) is 28.3. The number of halogens is 3. The number of thioether (sulfide) groups is 2. The second-order valence-electron chi connectivity index (χ2n) is 8.20. The third-order valence-corrected chi connectivity index (χ3v) is 8.93. The molecule has 4 amide bonds. The maximum Gasteiger partial charge on any atom is 0.405 e. The van der Waals surface area contributed by atoms with Crippen LogP contribution in [0.3, 0.4) is 0 Å². The number of carboxylic acids is 1. The van der Waals surface area contributed by atoms with Crippen LogP contribution in [0.4, 0.5) is 18.0 Å². The molecule has 11 nitrogen and oxygen atoms in total. The molecule has 2 aliphatic rings. The maximum atomic E-state index is 13.1. The molecule has 17 heteroatoms. The quantitative estimate of drug-likeness (QED) is 0.147. The number of carbonyl (C=O) groups excluding carboxylic acids is 3. The van der Waals surface area contributed by atoms with Crippen molar-refractivity contribution in [3.05, 3.63) is 63.3 Å².